The molecule has 0 aliphatic rings. The summed E-state index contributed by atoms with van der Waals surface area (Å²) in [6, 6.07) is 13.7. The van der Waals surface area contributed by atoms with E-state index < -0.39 is 5.97 Å². The minimum Gasteiger partial charge on any atom is -0.476 e. The summed E-state index contributed by atoms with van der Waals surface area (Å²) in [5.41, 5.74) is 5.18. The number of benzene rings is 1. The molecule has 3 heterocycles. The van der Waals surface area contributed by atoms with Crippen LogP contribution >= 0.6 is 0 Å². The predicted octanol–water partition coefficient (Wildman–Crippen LogP) is 3.02. The number of hydrogen-bond acceptors (Lipinski definition) is 3. The van der Waals surface area contributed by atoms with Gasteiger partial charge >= 0.3 is 5.97 Å². The third-order valence-corrected chi connectivity index (χ3v) is 4.19. The van der Waals surface area contributed by atoms with Crippen LogP contribution in [0.3, 0.4) is 0 Å². The lowest BCUT2D eigenvalue weighted by Gasteiger charge is -2.07. The predicted molar refractivity (Wildman–Crippen MR) is 93.6 cm³/mol. The second kappa shape index (κ2) is 5.90. The van der Waals surface area contributed by atoms with Crippen LogP contribution in [0.2, 0.25) is 0 Å². The van der Waals surface area contributed by atoms with E-state index in [1.165, 1.54) is 0 Å². The first-order valence-corrected chi connectivity index (χ1v) is 7.89. The summed E-state index contributed by atoms with van der Waals surface area (Å²) in [6.45, 7) is 0. The topological polar surface area (TPSA) is 72.4 Å². The molecule has 0 saturated carbocycles. The quantitative estimate of drug-likeness (QED) is 0.623. The molecule has 0 fully saturated rings. The molecule has 1 N–H and O–H groups in total. The van der Waals surface area contributed by atoms with Crippen molar-refractivity contribution in [1.82, 2.24) is 19.4 Å². The highest BCUT2D eigenvalue weighted by molar-refractivity contribution is 5.86. The molecule has 25 heavy (non-hydrogen) atoms. The van der Waals surface area contributed by atoms with Gasteiger partial charge in [-0.1, -0.05) is 24.3 Å². The summed E-state index contributed by atoms with van der Waals surface area (Å²) in [7, 11) is 1.89. The lowest BCUT2D eigenvalue weighted by atomic mass is 10.0. The Morgan fingerprint density at radius 2 is 1.96 bits per heavy atom. The molecular weight excluding hydrogens is 316 g/mol. The zero-order valence-electron chi connectivity index (χ0n) is 13.6. The van der Waals surface area contributed by atoms with Gasteiger partial charge in [-0.25, -0.2) is 9.31 Å². The summed E-state index contributed by atoms with van der Waals surface area (Å²) in [5.74, 6) is -1.02. The van der Waals surface area contributed by atoms with Crippen molar-refractivity contribution < 1.29 is 9.90 Å². The summed E-state index contributed by atoms with van der Waals surface area (Å²) >= 11 is 0. The van der Waals surface area contributed by atoms with E-state index in [1.54, 1.807) is 21.5 Å². The van der Waals surface area contributed by atoms with Crippen LogP contribution < -0.4 is 0 Å². The average molecular weight is 332 g/mol. The smallest absolute Gasteiger partial charge is 0.356 e. The Labute approximate surface area is 144 Å². The Morgan fingerprint density at radius 3 is 2.64 bits per heavy atom. The molecule has 0 aliphatic heterocycles. The maximum Gasteiger partial charge on any atom is 0.356 e. The maximum atomic E-state index is 11.3. The van der Waals surface area contributed by atoms with Crippen LogP contribution in [0, 0.1) is 0 Å². The van der Waals surface area contributed by atoms with Crippen molar-refractivity contribution in [2.45, 2.75) is 6.42 Å². The molecule has 3 aromatic heterocycles. The fraction of sp³-hybridized carbons (Fsp3) is 0.105. The number of carboxylic acids is 1. The molecule has 0 unspecified atom stereocenters. The molecule has 0 bridgehead atoms. The number of hydrogen-bond donors (Lipinski definition) is 1. The van der Waals surface area contributed by atoms with Crippen LogP contribution in [0.1, 0.15) is 21.6 Å². The third-order valence-electron chi connectivity index (χ3n) is 4.19. The summed E-state index contributed by atoms with van der Waals surface area (Å²) in [4.78, 5) is 11.3. The van der Waals surface area contributed by atoms with Crippen LogP contribution in [0.15, 0.2) is 61.1 Å². The molecule has 0 atom stereocenters. The molecule has 6 heteroatoms. The van der Waals surface area contributed by atoms with E-state index in [1.807, 2.05) is 31.6 Å². The molecule has 0 spiro atoms. The average Bonchev–Trinajstić information content (AvgIpc) is 3.24. The largest absolute Gasteiger partial charge is 0.476 e. The van der Waals surface area contributed by atoms with Crippen LogP contribution in [-0.4, -0.2) is 30.5 Å². The highest BCUT2D eigenvalue weighted by atomic mass is 16.4. The Kier molecular flexibility index (Phi) is 3.57. The lowest BCUT2D eigenvalue weighted by molar-refractivity contribution is 0.0688. The Morgan fingerprint density at radius 1 is 1.16 bits per heavy atom. The number of carboxylic acid groups (broad SMARTS) is 1. The first kappa shape index (κ1) is 15.1. The number of carbonyl (C=O) groups is 1. The highest BCUT2D eigenvalue weighted by Crippen LogP contribution is 2.22. The molecule has 0 radical (unpaired) electrons. The minimum absolute atomic E-state index is 0.0469. The summed E-state index contributed by atoms with van der Waals surface area (Å²) in [6.07, 6.45) is 6.21. The van der Waals surface area contributed by atoms with Crippen molar-refractivity contribution in [3.63, 3.8) is 0 Å². The second-order valence-corrected chi connectivity index (χ2v) is 5.97. The van der Waals surface area contributed by atoms with Gasteiger partial charge in [0.15, 0.2) is 5.69 Å². The monoisotopic (exact) mass is 332 g/mol. The second-order valence-electron chi connectivity index (χ2n) is 5.97. The number of fused-ring (bicyclic) bond motifs is 1. The van der Waals surface area contributed by atoms with Gasteiger partial charge < -0.3 is 5.11 Å². The molecule has 0 saturated heterocycles. The number of aromatic carboxylic acids is 1. The zero-order chi connectivity index (χ0) is 17.4. The maximum absolute atomic E-state index is 11.3. The van der Waals surface area contributed by atoms with Gasteiger partial charge in [0.2, 0.25) is 0 Å². The van der Waals surface area contributed by atoms with Crippen molar-refractivity contribution in [2.75, 3.05) is 0 Å². The van der Waals surface area contributed by atoms with Gasteiger partial charge in [0.25, 0.3) is 0 Å². The standard InChI is InChI=1S/C19H16N4O2/c1-22-12-16(11-20-22)14-6-4-13(5-7-14)9-15-10-17(19(24)25)21-23-8-2-3-18(15)23/h2-8,10-12H,9H2,1H3,(H,24,25). The van der Waals surface area contributed by atoms with Crippen LogP contribution in [-0.2, 0) is 13.5 Å². The fourth-order valence-electron chi connectivity index (χ4n) is 2.95. The zero-order valence-corrected chi connectivity index (χ0v) is 13.6. The first-order chi connectivity index (χ1) is 12.1. The van der Waals surface area contributed by atoms with E-state index in [0.717, 1.165) is 27.8 Å². The van der Waals surface area contributed by atoms with Gasteiger partial charge in [-0.2, -0.15) is 10.2 Å². The van der Waals surface area contributed by atoms with Crippen molar-refractivity contribution >= 4 is 11.5 Å². The van der Waals surface area contributed by atoms with E-state index in [0.29, 0.717) is 6.42 Å². The SMILES string of the molecule is Cn1cc(-c2ccc(Cc3cc(C(=O)O)nn4cccc34)cc2)cn1. The molecule has 0 aliphatic carbocycles. The summed E-state index contributed by atoms with van der Waals surface area (Å²) < 4.78 is 3.39. The van der Waals surface area contributed by atoms with E-state index in [2.05, 4.69) is 34.5 Å². The first-order valence-electron chi connectivity index (χ1n) is 7.89. The Hall–Kier alpha value is -3.41. The minimum atomic E-state index is -1.02. The third kappa shape index (κ3) is 2.89. The molecule has 1 aromatic carbocycles. The van der Waals surface area contributed by atoms with E-state index >= 15 is 0 Å². The van der Waals surface area contributed by atoms with Gasteiger partial charge in [-0.05, 0) is 41.3 Å². The normalized spacial score (nSPS) is 11.1. The number of aromatic nitrogens is 4. The van der Waals surface area contributed by atoms with Crippen molar-refractivity contribution in [3.05, 3.63) is 77.9 Å². The van der Waals surface area contributed by atoms with Crippen LogP contribution in [0.25, 0.3) is 16.6 Å². The van der Waals surface area contributed by atoms with Gasteiger partial charge in [0.05, 0.1) is 11.7 Å². The van der Waals surface area contributed by atoms with Gasteiger partial charge in [-0.15, -0.1) is 0 Å². The van der Waals surface area contributed by atoms with Crippen molar-refractivity contribution in [1.29, 1.82) is 0 Å². The number of aryl methyl sites for hydroxylation is 1. The van der Waals surface area contributed by atoms with E-state index in [4.69, 9.17) is 0 Å². The van der Waals surface area contributed by atoms with E-state index in [9.17, 15) is 9.90 Å². The van der Waals surface area contributed by atoms with Crippen LogP contribution in [0.4, 0.5) is 0 Å². The molecular formula is C19H16N4O2. The molecule has 124 valence electrons. The highest BCUT2D eigenvalue weighted by Gasteiger charge is 2.11. The fourth-order valence-corrected chi connectivity index (χ4v) is 2.95. The molecule has 4 rings (SSSR count). The van der Waals surface area contributed by atoms with Gasteiger partial charge in [-0.3, -0.25) is 4.68 Å². The molecule has 6 nitrogen and oxygen atoms in total. The lowest BCUT2D eigenvalue weighted by Crippen LogP contribution is -2.07. The van der Waals surface area contributed by atoms with Crippen molar-refractivity contribution in [3.8, 4) is 11.1 Å². The number of nitrogens with zero attached hydrogens (tertiary/aromatic N) is 4. The number of rotatable bonds is 4. The molecule has 4 aromatic rings. The van der Waals surface area contributed by atoms with Gasteiger partial charge in [0, 0.05) is 25.0 Å². The summed E-state index contributed by atoms with van der Waals surface area (Å²) in [5, 5.41) is 17.5. The Balaban J connectivity index is 1.67. The Bertz CT molecular complexity index is 1060. The molecule has 0 amide bonds. The van der Waals surface area contributed by atoms with Crippen molar-refractivity contribution in [2.24, 2.45) is 7.05 Å². The van der Waals surface area contributed by atoms with Gasteiger partial charge in [0.1, 0.15) is 0 Å². The van der Waals surface area contributed by atoms with Crippen LogP contribution in [0.5, 0.6) is 0 Å². The van der Waals surface area contributed by atoms with E-state index in [-0.39, 0.29) is 5.69 Å².